The van der Waals surface area contributed by atoms with E-state index >= 15 is 0 Å². The molecule has 0 aliphatic carbocycles. The van der Waals surface area contributed by atoms with Crippen molar-refractivity contribution in [3.8, 4) is 0 Å². The van der Waals surface area contributed by atoms with Gasteiger partial charge in [0.05, 0.1) is 0 Å². The number of nitrogens with two attached hydrogens (primary N) is 1. The Morgan fingerprint density at radius 2 is 2.33 bits per heavy atom. The van der Waals surface area contributed by atoms with E-state index in [-0.39, 0.29) is 5.91 Å². The highest BCUT2D eigenvalue weighted by Gasteiger charge is 2.25. The lowest BCUT2D eigenvalue weighted by molar-refractivity contribution is -0.129. The maximum atomic E-state index is 11.3. The zero-order valence-electron chi connectivity index (χ0n) is 9.91. The van der Waals surface area contributed by atoms with Crippen molar-refractivity contribution in [1.82, 2.24) is 9.80 Å². The van der Waals surface area contributed by atoms with Crippen LogP contribution in [0.2, 0.25) is 0 Å². The smallest absolute Gasteiger partial charge is 0.219 e. The van der Waals surface area contributed by atoms with Gasteiger partial charge in [0, 0.05) is 39.1 Å². The molecule has 0 aromatic heterocycles. The van der Waals surface area contributed by atoms with E-state index in [2.05, 4.69) is 4.90 Å². The lowest BCUT2D eigenvalue weighted by Gasteiger charge is -2.29. The third-order valence-corrected chi connectivity index (χ3v) is 3.17. The summed E-state index contributed by atoms with van der Waals surface area (Å²) in [5.41, 5.74) is 5.57. The molecule has 4 nitrogen and oxygen atoms in total. The minimum Gasteiger partial charge on any atom is -0.342 e. The van der Waals surface area contributed by atoms with Crippen LogP contribution in [0.25, 0.3) is 0 Å². The van der Waals surface area contributed by atoms with E-state index in [9.17, 15) is 4.79 Å². The Kier molecular flexibility index (Phi) is 5.05. The molecule has 0 spiro atoms. The molecule has 1 aliphatic heterocycles. The molecule has 1 saturated heterocycles. The molecule has 15 heavy (non-hydrogen) atoms. The molecule has 88 valence electrons. The number of amides is 1. The van der Waals surface area contributed by atoms with Gasteiger partial charge in [-0.05, 0) is 26.3 Å². The summed E-state index contributed by atoms with van der Waals surface area (Å²) in [6.07, 6.45) is 2.43. The van der Waals surface area contributed by atoms with Crippen molar-refractivity contribution in [2.24, 2.45) is 5.73 Å². The number of carbonyl (C=O) groups excluding carboxylic acids is 1. The lowest BCUT2D eigenvalue weighted by atomic mass is 10.2. The topological polar surface area (TPSA) is 49.6 Å². The molecule has 0 aromatic rings. The second kappa shape index (κ2) is 6.08. The Bertz CT molecular complexity index is 208. The number of carbonyl (C=O) groups is 1. The van der Waals surface area contributed by atoms with E-state index < -0.39 is 0 Å². The molecule has 1 fully saturated rings. The minimum atomic E-state index is 0.178. The number of rotatable bonds is 5. The Morgan fingerprint density at radius 1 is 1.60 bits per heavy atom. The van der Waals surface area contributed by atoms with Gasteiger partial charge in [-0.3, -0.25) is 9.69 Å². The highest BCUT2D eigenvalue weighted by Crippen LogP contribution is 2.17. The zero-order valence-corrected chi connectivity index (χ0v) is 9.91. The summed E-state index contributed by atoms with van der Waals surface area (Å²) in [6, 6.07) is 0.525. The first-order valence-corrected chi connectivity index (χ1v) is 5.88. The van der Waals surface area contributed by atoms with Gasteiger partial charge in [0.15, 0.2) is 0 Å². The molecule has 2 N–H and O–H groups in total. The van der Waals surface area contributed by atoms with Gasteiger partial charge >= 0.3 is 0 Å². The highest BCUT2D eigenvalue weighted by atomic mass is 16.2. The Labute approximate surface area is 92.4 Å². The molecule has 1 aliphatic rings. The number of hydrogen-bond acceptors (Lipinski definition) is 3. The van der Waals surface area contributed by atoms with Gasteiger partial charge in [0.25, 0.3) is 0 Å². The summed E-state index contributed by atoms with van der Waals surface area (Å²) < 4.78 is 0. The third-order valence-electron chi connectivity index (χ3n) is 3.17. The highest BCUT2D eigenvalue weighted by molar-refractivity contribution is 5.73. The van der Waals surface area contributed by atoms with Crippen molar-refractivity contribution < 1.29 is 4.79 Å². The number of likely N-dealkylation sites (tertiary alicyclic amines) is 1. The second-order valence-electron chi connectivity index (χ2n) is 4.18. The Balaban J connectivity index is 2.44. The van der Waals surface area contributed by atoms with Crippen LogP contribution in [0.15, 0.2) is 0 Å². The molecule has 0 aromatic carbocycles. The molecule has 0 saturated carbocycles. The fourth-order valence-corrected chi connectivity index (χ4v) is 2.30. The summed E-state index contributed by atoms with van der Waals surface area (Å²) in [7, 11) is 0. The summed E-state index contributed by atoms with van der Waals surface area (Å²) in [5, 5.41) is 0. The second-order valence-corrected chi connectivity index (χ2v) is 4.18. The largest absolute Gasteiger partial charge is 0.342 e. The van der Waals surface area contributed by atoms with Crippen molar-refractivity contribution in [3.05, 3.63) is 0 Å². The number of likely N-dealkylation sites (N-methyl/N-ethyl adjacent to an activating group) is 1. The lowest BCUT2D eigenvalue weighted by Crippen LogP contribution is -2.43. The molecule has 1 rings (SSSR count). The van der Waals surface area contributed by atoms with Gasteiger partial charge in [-0.25, -0.2) is 0 Å². The Hall–Kier alpha value is -0.610. The van der Waals surface area contributed by atoms with Crippen LogP contribution in [-0.2, 0) is 4.79 Å². The van der Waals surface area contributed by atoms with Crippen molar-refractivity contribution >= 4 is 5.91 Å². The van der Waals surface area contributed by atoms with Crippen LogP contribution in [0.1, 0.15) is 26.7 Å². The normalized spacial score (nSPS) is 21.9. The molecule has 4 heteroatoms. The summed E-state index contributed by atoms with van der Waals surface area (Å²) in [5.74, 6) is 0.178. The van der Waals surface area contributed by atoms with Crippen molar-refractivity contribution in [1.29, 1.82) is 0 Å². The van der Waals surface area contributed by atoms with Gasteiger partial charge in [0.2, 0.25) is 5.91 Å². The van der Waals surface area contributed by atoms with E-state index in [0.717, 1.165) is 26.2 Å². The Morgan fingerprint density at radius 3 is 2.87 bits per heavy atom. The van der Waals surface area contributed by atoms with E-state index in [0.29, 0.717) is 12.6 Å². The molecule has 1 atom stereocenters. The van der Waals surface area contributed by atoms with Crippen LogP contribution in [0.3, 0.4) is 0 Å². The van der Waals surface area contributed by atoms with Crippen LogP contribution in [0, 0.1) is 0 Å². The van der Waals surface area contributed by atoms with Gasteiger partial charge in [-0.2, -0.15) is 0 Å². The van der Waals surface area contributed by atoms with Crippen molar-refractivity contribution in [2.45, 2.75) is 32.7 Å². The average molecular weight is 213 g/mol. The minimum absolute atomic E-state index is 0.178. The molecular weight excluding hydrogens is 190 g/mol. The third kappa shape index (κ3) is 3.47. The maximum Gasteiger partial charge on any atom is 0.219 e. The summed E-state index contributed by atoms with van der Waals surface area (Å²) in [6.45, 7) is 8.16. The molecule has 0 radical (unpaired) electrons. The molecule has 0 unspecified atom stereocenters. The van der Waals surface area contributed by atoms with E-state index in [4.69, 9.17) is 5.73 Å². The van der Waals surface area contributed by atoms with Crippen LogP contribution in [0.5, 0.6) is 0 Å². The van der Waals surface area contributed by atoms with Gasteiger partial charge < -0.3 is 10.6 Å². The fraction of sp³-hybridized carbons (Fsp3) is 0.909. The first kappa shape index (κ1) is 12.5. The van der Waals surface area contributed by atoms with Gasteiger partial charge in [0.1, 0.15) is 0 Å². The van der Waals surface area contributed by atoms with Gasteiger partial charge in [-0.15, -0.1) is 0 Å². The first-order valence-electron chi connectivity index (χ1n) is 5.88. The predicted octanol–water partition coefficient (Wildman–Crippen LogP) is 0.278. The molecule has 0 bridgehead atoms. The van der Waals surface area contributed by atoms with E-state index in [1.165, 1.54) is 12.8 Å². The van der Waals surface area contributed by atoms with Crippen molar-refractivity contribution in [3.63, 3.8) is 0 Å². The van der Waals surface area contributed by atoms with Gasteiger partial charge in [-0.1, -0.05) is 0 Å². The van der Waals surface area contributed by atoms with Crippen molar-refractivity contribution in [2.75, 3.05) is 32.7 Å². The molecular formula is C11H23N3O. The predicted molar refractivity (Wildman–Crippen MR) is 61.6 cm³/mol. The zero-order chi connectivity index (χ0) is 11.3. The molecule has 1 amide bonds. The first-order chi connectivity index (χ1) is 7.19. The monoisotopic (exact) mass is 213 g/mol. The number of nitrogens with zero attached hydrogens (tertiary/aromatic N) is 2. The SMILES string of the molecule is CCN(C[C@@H]1CCCN1CCN)C(C)=O. The molecule has 1 heterocycles. The van der Waals surface area contributed by atoms with Crippen LogP contribution >= 0.6 is 0 Å². The van der Waals surface area contributed by atoms with E-state index in [1.807, 2.05) is 11.8 Å². The number of hydrogen-bond donors (Lipinski definition) is 1. The van der Waals surface area contributed by atoms with E-state index in [1.54, 1.807) is 6.92 Å². The van der Waals surface area contributed by atoms with Crippen LogP contribution < -0.4 is 5.73 Å². The standard InChI is InChI=1S/C11H23N3O/c1-3-13(10(2)15)9-11-5-4-7-14(11)8-6-12/h11H,3-9,12H2,1-2H3/t11-/m0/s1. The quantitative estimate of drug-likeness (QED) is 0.713. The average Bonchev–Trinajstić information content (AvgIpc) is 2.62. The van der Waals surface area contributed by atoms with Crippen LogP contribution in [-0.4, -0.2) is 54.5 Å². The summed E-state index contributed by atoms with van der Waals surface area (Å²) in [4.78, 5) is 15.6. The fourth-order valence-electron chi connectivity index (χ4n) is 2.30. The van der Waals surface area contributed by atoms with Crippen LogP contribution in [0.4, 0.5) is 0 Å². The summed E-state index contributed by atoms with van der Waals surface area (Å²) >= 11 is 0. The maximum absolute atomic E-state index is 11.3.